The predicted octanol–water partition coefficient (Wildman–Crippen LogP) is 2.14. The van der Waals surface area contributed by atoms with Gasteiger partial charge in [-0.3, -0.25) is 4.79 Å². The van der Waals surface area contributed by atoms with Crippen molar-refractivity contribution in [1.29, 1.82) is 0 Å². The zero-order chi connectivity index (χ0) is 16.6. The Bertz CT molecular complexity index is 710. The number of halogens is 1. The lowest BCUT2D eigenvalue weighted by molar-refractivity contribution is 0.0444. The fraction of sp³-hybridized carbons (Fsp3) is 0.471. The average molecular weight is 335 g/mol. The molecule has 1 N–H and O–H groups in total. The maximum absolute atomic E-state index is 13.0. The fourth-order valence-corrected chi connectivity index (χ4v) is 3.41. The van der Waals surface area contributed by atoms with Gasteiger partial charge in [0.15, 0.2) is 0 Å². The van der Waals surface area contributed by atoms with Gasteiger partial charge < -0.3 is 19.7 Å². The summed E-state index contributed by atoms with van der Waals surface area (Å²) in [5.41, 5.74) is 1.58. The van der Waals surface area contributed by atoms with Crippen molar-refractivity contribution in [3.05, 3.63) is 35.0 Å². The van der Waals surface area contributed by atoms with Gasteiger partial charge in [-0.1, -0.05) is 11.6 Å². The highest BCUT2D eigenvalue weighted by atomic mass is 35.5. The molecule has 3 rings (SSSR count). The highest BCUT2D eigenvalue weighted by Gasteiger charge is 2.30. The second-order valence-corrected chi connectivity index (χ2v) is 7.03. The minimum absolute atomic E-state index is 0.0669. The van der Waals surface area contributed by atoms with E-state index in [-0.39, 0.29) is 11.9 Å². The van der Waals surface area contributed by atoms with E-state index in [9.17, 15) is 4.79 Å². The molecular formula is C17H23ClN4O. The summed E-state index contributed by atoms with van der Waals surface area (Å²) in [5.74, 6) is 0.0669. The number of nitrogens with zero attached hydrogens (tertiary/aromatic N) is 3. The van der Waals surface area contributed by atoms with Crippen molar-refractivity contribution in [2.75, 3.05) is 47.3 Å². The molecule has 1 saturated heterocycles. The standard InChI is InChI=1S/C17H23ClN4O/c1-20(2)10-14-11-21(3)6-7-22(14)17(23)16-9-12-8-13(18)4-5-15(12)19-16/h4-5,8-9,14,19H,6-7,10-11H2,1-3H3. The van der Waals surface area contributed by atoms with Gasteiger partial charge in [0.2, 0.25) is 0 Å². The number of carbonyl (C=O) groups is 1. The summed E-state index contributed by atoms with van der Waals surface area (Å²) < 4.78 is 0. The minimum atomic E-state index is 0.0669. The van der Waals surface area contributed by atoms with Gasteiger partial charge in [-0.15, -0.1) is 0 Å². The maximum atomic E-state index is 13.0. The van der Waals surface area contributed by atoms with Crippen LogP contribution in [-0.4, -0.2) is 79.0 Å². The first-order valence-corrected chi connectivity index (χ1v) is 8.24. The molecule has 1 aromatic carbocycles. The first kappa shape index (κ1) is 16.3. The summed E-state index contributed by atoms with van der Waals surface area (Å²) in [5, 5.41) is 1.65. The minimum Gasteiger partial charge on any atom is -0.351 e. The third-order valence-electron chi connectivity index (χ3n) is 4.34. The van der Waals surface area contributed by atoms with E-state index in [1.54, 1.807) is 0 Å². The Morgan fingerprint density at radius 1 is 1.35 bits per heavy atom. The monoisotopic (exact) mass is 334 g/mol. The Hall–Kier alpha value is -1.56. The molecule has 2 heterocycles. The molecule has 0 bridgehead atoms. The van der Waals surface area contributed by atoms with Gasteiger partial charge in [-0.25, -0.2) is 0 Å². The Morgan fingerprint density at radius 3 is 2.87 bits per heavy atom. The molecule has 1 unspecified atom stereocenters. The Morgan fingerprint density at radius 2 is 2.13 bits per heavy atom. The van der Waals surface area contributed by atoms with Gasteiger partial charge in [0.1, 0.15) is 5.69 Å². The third-order valence-corrected chi connectivity index (χ3v) is 4.57. The maximum Gasteiger partial charge on any atom is 0.270 e. The lowest BCUT2D eigenvalue weighted by Crippen LogP contribution is -2.57. The Balaban J connectivity index is 1.86. The van der Waals surface area contributed by atoms with Gasteiger partial charge >= 0.3 is 0 Å². The normalized spacial score (nSPS) is 19.7. The van der Waals surface area contributed by atoms with Gasteiger partial charge in [-0.2, -0.15) is 0 Å². The van der Waals surface area contributed by atoms with E-state index in [0.29, 0.717) is 10.7 Å². The van der Waals surface area contributed by atoms with Crippen LogP contribution in [0.5, 0.6) is 0 Å². The lowest BCUT2D eigenvalue weighted by atomic mass is 10.1. The highest BCUT2D eigenvalue weighted by molar-refractivity contribution is 6.31. The summed E-state index contributed by atoms with van der Waals surface area (Å²) in [6.07, 6.45) is 0. The molecule has 2 aromatic rings. The van der Waals surface area contributed by atoms with Crippen LogP contribution in [0.25, 0.3) is 10.9 Å². The van der Waals surface area contributed by atoms with Gasteiger partial charge in [0.25, 0.3) is 5.91 Å². The van der Waals surface area contributed by atoms with Gasteiger partial charge in [0, 0.05) is 42.1 Å². The number of aromatic amines is 1. The van der Waals surface area contributed by atoms with E-state index in [1.165, 1.54) is 0 Å². The number of amides is 1. The van der Waals surface area contributed by atoms with Crippen LogP contribution in [0.4, 0.5) is 0 Å². The summed E-state index contributed by atoms with van der Waals surface area (Å²) in [7, 11) is 6.19. The molecule has 5 nitrogen and oxygen atoms in total. The molecule has 1 atom stereocenters. The highest BCUT2D eigenvalue weighted by Crippen LogP contribution is 2.22. The predicted molar refractivity (Wildman–Crippen MR) is 94.2 cm³/mol. The lowest BCUT2D eigenvalue weighted by Gasteiger charge is -2.41. The van der Waals surface area contributed by atoms with Gasteiger partial charge in [0.05, 0.1) is 6.04 Å². The van der Waals surface area contributed by atoms with Crippen LogP contribution in [0.3, 0.4) is 0 Å². The van der Waals surface area contributed by atoms with Crippen LogP contribution in [-0.2, 0) is 0 Å². The number of fused-ring (bicyclic) bond motifs is 1. The number of hydrogen-bond acceptors (Lipinski definition) is 3. The van der Waals surface area contributed by atoms with Gasteiger partial charge in [-0.05, 0) is 45.4 Å². The summed E-state index contributed by atoms with van der Waals surface area (Å²) >= 11 is 6.03. The van der Waals surface area contributed by atoms with Crippen molar-refractivity contribution >= 4 is 28.4 Å². The number of H-pyrrole nitrogens is 1. The quantitative estimate of drug-likeness (QED) is 0.935. The van der Waals surface area contributed by atoms with E-state index in [2.05, 4.69) is 21.8 Å². The molecule has 0 spiro atoms. The number of rotatable bonds is 3. The summed E-state index contributed by atoms with van der Waals surface area (Å²) in [4.78, 5) is 22.6. The van der Waals surface area contributed by atoms with E-state index < -0.39 is 0 Å². The van der Waals surface area contributed by atoms with E-state index in [1.807, 2.05) is 43.3 Å². The second-order valence-electron chi connectivity index (χ2n) is 6.59. The molecule has 1 aliphatic heterocycles. The van der Waals surface area contributed by atoms with Crippen molar-refractivity contribution < 1.29 is 4.79 Å². The SMILES string of the molecule is CN(C)CC1CN(C)CCN1C(=O)c1cc2cc(Cl)ccc2[nH]1. The van der Waals surface area contributed by atoms with E-state index >= 15 is 0 Å². The summed E-state index contributed by atoms with van der Waals surface area (Å²) in [6, 6.07) is 7.72. The second kappa shape index (κ2) is 6.51. The number of aromatic nitrogens is 1. The molecule has 1 fully saturated rings. The number of nitrogens with one attached hydrogen (secondary N) is 1. The molecule has 1 aliphatic rings. The zero-order valence-corrected chi connectivity index (χ0v) is 14.6. The van der Waals surface area contributed by atoms with Crippen molar-refractivity contribution in [3.8, 4) is 0 Å². The number of benzene rings is 1. The molecule has 124 valence electrons. The van der Waals surface area contributed by atoms with Crippen LogP contribution in [0.15, 0.2) is 24.3 Å². The van der Waals surface area contributed by atoms with Crippen molar-refractivity contribution in [1.82, 2.24) is 19.7 Å². The fourth-order valence-electron chi connectivity index (χ4n) is 3.23. The molecular weight excluding hydrogens is 312 g/mol. The molecule has 6 heteroatoms. The average Bonchev–Trinajstić information content (AvgIpc) is 2.89. The van der Waals surface area contributed by atoms with Crippen molar-refractivity contribution in [2.45, 2.75) is 6.04 Å². The first-order valence-electron chi connectivity index (χ1n) is 7.86. The van der Waals surface area contributed by atoms with Crippen molar-refractivity contribution in [3.63, 3.8) is 0 Å². The van der Waals surface area contributed by atoms with Crippen LogP contribution in [0, 0.1) is 0 Å². The molecule has 0 radical (unpaired) electrons. The molecule has 0 aliphatic carbocycles. The van der Waals surface area contributed by atoms with Crippen LogP contribution < -0.4 is 0 Å². The van der Waals surface area contributed by atoms with Crippen LogP contribution >= 0.6 is 11.6 Å². The molecule has 0 saturated carbocycles. The zero-order valence-electron chi connectivity index (χ0n) is 13.8. The van der Waals surface area contributed by atoms with E-state index in [0.717, 1.165) is 37.1 Å². The molecule has 23 heavy (non-hydrogen) atoms. The number of hydrogen-bond donors (Lipinski definition) is 1. The van der Waals surface area contributed by atoms with Crippen LogP contribution in [0.1, 0.15) is 10.5 Å². The van der Waals surface area contributed by atoms with Crippen LogP contribution in [0.2, 0.25) is 5.02 Å². The number of piperazine rings is 1. The molecule has 1 aromatic heterocycles. The van der Waals surface area contributed by atoms with E-state index in [4.69, 9.17) is 11.6 Å². The Labute approximate surface area is 141 Å². The largest absolute Gasteiger partial charge is 0.351 e. The topological polar surface area (TPSA) is 42.6 Å². The number of likely N-dealkylation sites (N-methyl/N-ethyl adjacent to an activating group) is 2. The number of carbonyl (C=O) groups excluding carboxylic acids is 1. The third kappa shape index (κ3) is 3.52. The summed E-state index contributed by atoms with van der Waals surface area (Å²) in [6.45, 7) is 3.42. The smallest absolute Gasteiger partial charge is 0.270 e. The first-order chi connectivity index (χ1) is 10.9. The Kier molecular flexibility index (Phi) is 4.62. The van der Waals surface area contributed by atoms with Crippen molar-refractivity contribution in [2.24, 2.45) is 0 Å². The molecule has 1 amide bonds.